The van der Waals surface area contributed by atoms with Gasteiger partial charge in [0.1, 0.15) is 6.04 Å². The SMILES string of the molecule is CCN(CC)S(=O)(=O)N1C(C)SCC1C(=O)O. The van der Waals surface area contributed by atoms with E-state index in [-0.39, 0.29) is 5.37 Å². The molecule has 1 rings (SSSR count). The molecular formula is C9H18N2O4S2. The molecule has 1 aliphatic heterocycles. The number of aliphatic carboxylic acids is 1. The largest absolute Gasteiger partial charge is 0.480 e. The van der Waals surface area contributed by atoms with Gasteiger partial charge in [-0.05, 0) is 6.92 Å². The molecule has 1 saturated heterocycles. The zero-order chi connectivity index (χ0) is 13.2. The molecule has 0 saturated carbocycles. The third kappa shape index (κ3) is 2.75. The molecule has 0 aromatic carbocycles. The standard InChI is InChI=1S/C9H18N2O4S2/c1-4-10(5-2)17(14,15)11-7(3)16-6-8(11)9(12)13/h7-8H,4-6H2,1-3H3,(H,12,13). The van der Waals surface area contributed by atoms with Gasteiger partial charge in [0.25, 0.3) is 10.2 Å². The number of hydrogen-bond acceptors (Lipinski definition) is 4. The van der Waals surface area contributed by atoms with Gasteiger partial charge in [-0.15, -0.1) is 11.8 Å². The molecule has 2 unspecified atom stereocenters. The van der Waals surface area contributed by atoms with E-state index in [2.05, 4.69) is 0 Å². The van der Waals surface area contributed by atoms with E-state index in [1.54, 1.807) is 20.8 Å². The Balaban J connectivity index is 3.07. The Kier molecular flexibility index (Phi) is 4.82. The van der Waals surface area contributed by atoms with Crippen LogP contribution in [0.15, 0.2) is 0 Å². The molecule has 1 heterocycles. The summed E-state index contributed by atoms with van der Waals surface area (Å²) in [6.07, 6.45) is 0. The van der Waals surface area contributed by atoms with Crippen molar-refractivity contribution in [3.63, 3.8) is 0 Å². The van der Waals surface area contributed by atoms with Gasteiger partial charge in [-0.1, -0.05) is 13.8 Å². The number of hydrogen-bond donors (Lipinski definition) is 1. The summed E-state index contributed by atoms with van der Waals surface area (Å²) in [5.41, 5.74) is 0. The highest BCUT2D eigenvalue weighted by molar-refractivity contribution is 8.01. The lowest BCUT2D eigenvalue weighted by atomic mass is 10.3. The number of thioether (sulfide) groups is 1. The van der Waals surface area contributed by atoms with Crippen LogP contribution < -0.4 is 0 Å². The van der Waals surface area contributed by atoms with E-state index in [0.29, 0.717) is 18.8 Å². The summed E-state index contributed by atoms with van der Waals surface area (Å²) in [4.78, 5) is 11.1. The minimum Gasteiger partial charge on any atom is -0.480 e. The van der Waals surface area contributed by atoms with Gasteiger partial charge in [0.05, 0.1) is 5.37 Å². The van der Waals surface area contributed by atoms with Gasteiger partial charge < -0.3 is 5.11 Å². The first-order chi connectivity index (χ1) is 7.86. The van der Waals surface area contributed by atoms with Crippen LogP contribution >= 0.6 is 11.8 Å². The Hall–Kier alpha value is -0.310. The summed E-state index contributed by atoms with van der Waals surface area (Å²) in [7, 11) is -3.68. The maximum atomic E-state index is 12.3. The van der Waals surface area contributed by atoms with Crippen LogP contribution in [0.2, 0.25) is 0 Å². The zero-order valence-corrected chi connectivity index (χ0v) is 11.8. The quantitative estimate of drug-likeness (QED) is 0.791. The highest BCUT2D eigenvalue weighted by Gasteiger charge is 2.45. The number of carboxylic acid groups (broad SMARTS) is 1. The lowest BCUT2D eigenvalue weighted by molar-refractivity contribution is -0.140. The summed E-state index contributed by atoms with van der Waals surface area (Å²) in [5.74, 6) is -0.783. The molecular weight excluding hydrogens is 264 g/mol. The summed E-state index contributed by atoms with van der Waals surface area (Å²) in [6, 6.07) is -0.958. The third-order valence-corrected chi connectivity index (χ3v) is 6.37. The summed E-state index contributed by atoms with van der Waals surface area (Å²) in [5, 5.41) is 8.72. The van der Waals surface area contributed by atoms with Crippen LogP contribution in [0.3, 0.4) is 0 Å². The van der Waals surface area contributed by atoms with E-state index in [0.717, 1.165) is 4.31 Å². The Morgan fingerprint density at radius 1 is 1.47 bits per heavy atom. The van der Waals surface area contributed by atoms with E-state index in [1.165, 1.54) is 16.1 Å². The van der Waals surface area contributed by atoms with Crippen molar-refractivity contribution in [1.29, 1.82) is 0 Å². The highest BCUT2D eigenvalue weighted by Crippen LogP contribution is 2.32. The van der Waals surface area contributed by atoms with Crippen LogP contribution in [0, 0.1) is 0 Å². The Morgan fingerprint density at radius 3 is 2.41 bits per heavy atom. The predicted molar refractivity (Wildman–Crippen MR) is 67.0 cm³/mol. The number of carbonyl (C=O) groups is 1. The number of carboxylic acids is 1. The Labute approximate surface area is 106 Å². The van der Waals surface area contributed by atoms with Gasteiger partial charge in [-0.2, -0.15) is 17.0 Å². The van der Waals surface area contributed by atoms with Crippen molar-refractivity contribution >= 4 is 27.9 Å². The first kappa shape index (κ1) is 14.7. The fraction of sp³-hybridized carbons (Fsp3) is 0.889. The van der Waals surface area contributed by atoms with E-state index >= 15 is 0 Å². The lowest BCUT2D eigenvalue weighted by Gasteiger charge is -2.30. The first-order valence-electron chi connectivity index (χ1n) is 5.49. The topological polar surface area (TPSA) is 77.9 Å². The monoisotopic (exact) mass is 282 g/mol. The van der Waals surface area contributed by atoms with E-state index in [4.69, 9.17) is 5.11 Å². The maximum absolute atomic E-state index is 12.3. The maximum Gasteiger partial charge on any atom is 0.322 e. The minimum absolute atomic E-state index is 0.303. The molecule has 1 fully saturated rings. The second-order valence-electron chi connectivity index (χ2n) is 3.71. The highest BCUT2D eigenvalue weighted by atomic mass is 32.2. The second-order valence-corrected chi connectivity index (χ2v) is 6.89. The molecule has 0 radical (unpaired) electrons. The molecule has 0 aliphatic carbocycles. The minimum atomic E-state index is -3.68. The normalized spacial score (nSPS) is 26.6. The van der Waals surface area contributed by atoms with Crippen molar-refractivity contribution in [3.05, 3.63) is 0 Å². The molecule has 0 aromatic rings. The molecule has 17 heavy (non-hydrogen) atoms. The Morgan fingerprint density at radius 2 is 2.00 bits per heavy atom. The van der Waals surface area contributed by atoms with Gasteiger partial charge in [0, 0.05) is 18.8 Å². The van der Waals surface area contributed by atoms with Crippen LogP contribution in [0.25, 0.3) is 0 Å². The predicted octanol–water partition coefficient (Wildman–Crippen LogP) is 0.421. The molecule has 8 heteroatoms. The van der Waals surface area contributed by atoms with Gasteiger partial charge in [0.15, 0.2) is 0 Å². The van der Waals surface area contributed by atoms with Crippen LogP contribution in [0.5, 0.6) is 0 Å². The Bertz CT molecular complexity index is 380. The second kappa shape index (κ2) is 5.55. The molecule has 6 nitrogen and oxygen atoms in total. The molecule has 100 valence electrons. The van der Waals surface area contributed by atoms with Gasteiger partial charge in [0.2, 0.25) is 0 Å². The zero-order valence-electron chi connectivity index (χ0n) is 10.2. The van der Waals surface area contributed by atoms with Crippen LogP contribution in [-0.2, 0) is 15.0 Å². The van der Waals surface area contributed by atoms with Crippen LogP contribution in [0.4, 0.5) is 0 Å². The average molecular weight is 282 g/mol. The van der Waals surface area contributed by atoms with Crippen molar-refractivity contribution in [3.8, 4) is 0 Å². The van der Waals surface area contributed by atoms with Crippen molar-refractivity contribution in [2.45, 2.75) is 32.2 Å². The van der Waals surface area contributed by atoms with Crippen molar-refractivity contribution in [2.24, 2.45) is 0 Å². The van der Waals surface area contributed by atoms with Crippen molar-refractivity contribution < 1.29 is 18.3 Å². The molecule has 0 aromatic heterocycles. The van der Waals surface area contributed by atoms with Crippen LogP contribution in [0.1, 0.15) is 20.8 Å². The molecule has 0 bridgehead atoms. The first-order valence-corrected chi connectivity index (χ1v) is 7.93. The van der Waals surface area contributed by atoms with Gasteiger partial charge in [-0.3, -0.25) is 4.79 Å². The number of rotatable bonds is 5. The summed E-state index contributed by atoms with van der Waals surface area (Å²) < 4.78 is 27.0. The van der Waals surface area contributed by atoms with E-state index in [1.807, 2.05) is 0 Å². The van der Waals surface area contributed by atoms with Crippen molar-refractivity contribution in [1.82, 2.24) is 8.61 Å². The molecule has 2 atom stereocenters. The van der Waals surface area contributed by atoms with Gasteiger partial charge in [-0.25, -0.2) is 0 Å². The smallest absolute Gasteiger partial charge is 0.322 e. The summed E-state index contributed by atoms with van der Waals surface area (Å²) in [6.45, 7) is 5.89. The summed E-state index contributed by atoms with van der Waals surface area (Å²) >= 11 is 1.35. The van der Waals surface area contributed by atoms with Gasteiger partial charge >= 0.3 is 5.97 Å². The van der Waals surface area contributed by atoms with Crippen molar-refractivity contribution in [2.75, 3.05) is 18.8 Å². The van der Waals surface area contributed by atoms with Crippen LogP contribution in [-0.4, -0.2) is 58.4 Å². The average Bonchev–Trinajstić information content (AvgIpc) is 2.62. The molecule has 0 spiro atoms. The number of nitrogens with zero attached hydrogens (tertiary/aromatic N) is 2. The third-order valence-electron chi connectivity index (χ3n) is 2.74. The molecule has 0 amide bonds. The fourth-order valence-electron chi connectivity index (χ4n) is 1.84. The van der Waals surface area contributed by atoms with E-state index in [9.17, 15) is 13.2 Å². The fourth-order valence-corrected chi connectivity index (χ4v) is 5.28. The van der Waals surface area contributed by atoms with E-state index < -0.39 is 22.2 Å². The molecule has 1 aliphatic rings. The lowest BCUT2D eigenvalue weighted by Crippen LogP contribution is -2.51. The molecule has 1 N–H and O–H groups in total.